The third-order valence-corrected chi connectivity index (χ3v) is 2.87. The van der Waals surface area contributed by atoms with Gasteiger partial charge < -0.3 is 0 Å². The van der Waals surface area contributed by atoms with E-state index >= 15 is 0 Å². The minimum absolute atomic E-state index is 0.411. The second-order valence-corrected chi connectivity index (χ2v) is 4.14. The highest BCUT2D eigenvalue weighted by atomic mass is 35.5. The number of aromatic nitrogens is 6. The quantitative estimate of drug-likeness (QED) is 0.614. The molecule has 3 heterocycles. The van der Waals surface area contributed by atoms with Gasteiger partial charge in [-0.1, -0.05) is 11.6 Å². The minimum atomic E-state index is 0.411. The monoisotopic (exact) mass is 248 g/mol. The van der Waals surface area contributed by atoms with Crippen LogP contribution in [0.2, 0.25) is 5.15 Å². The molecule has 0 unspecified atom stereocenters. The largest absolute Gasteiger partial charge is 0.255 e. The number of aryl methyl sites for hydroxylation is 1. The van der Waals surface area contributed by atoms with Crippen LogP contribution >= 0.6 is 11.6 Å². The lowest BCUT2D eigenvalue weighted by atomic mass is 10.3. The third-order valence-electron chi connectivity index (χ3n) is 2.50. The standard InChI is InChI=1S/C10H9ClN6/c1-6-3-13-16(4-6)9-7(2)8(11)15-10-12-5-14-17(9)10/h3-5H,1-2H3. The van der Waals surface area contributed by atoms with Gasteiger partial charge in [-0.05, 0) is 19.4 Å². The first-order valence-electron chi connectivity index (χ1n) is 5.04. The highest BCUT2D eigenvalue weighted by Gasteiger charge is 2.14. The summed E-state index contributed by atoms with van der Waals surface area (Å²) in [6, 6.07) is 0. The molecule has 3 rings (SSSR count). The molecule has 6 nitrogen and oxygen atoms in total. The van der Waals surface area contributed by atoms with Crippen molar-refractivity contribution in [2.45, 2.75) is 13.8 Å². The molecule has 3 aromatic heterocycles. The number of rotatable bonds is 1. The Balaban J connectivity index is 2.40. The van der Waals surface area contributed by atoms with Crippen LogP contribution in [0.3, 0.4) is 0 Å². The molecule has 0 N–H and O–H groups in total. The zero-order valence-electron chi connectivity index (χ0n) is 9.29. The average molecular weight is 249 g/mol. The molecule has 0 saturated carbocycles. The van der Waals surface area contributed by atoms with Crippen molar-refractivity contribution in [2.24, 2.45) is 0 Å². The maximum absolute atomic E-state index is 6.07. The van der Waals surface area contributed by atoms with E-state index in [2.05, 4.69) is 20.2 Å². The van der Waals surface area contributed by atoms with Crippen molar-refractivity contribution in [1.29, 1.82) is 0 Å². The van der Waals surface area contributed by atoms with E-state index < -0.39 is 0 Å². The van der Waals surface area contributed by atoms with Crippen molar-refractivity contribution in [3.8, 4) is 5.82 Å². The Morgan fingerprint density at radius 3 is 2.76 bits per heavy atom. The number of nitrogens with zero attached hydrogens (tertiary/aromatic N) is 6. The van der Waals surface area contributed by atoms with E-state index in [0.717, 1.165) is 16.9 Å². The molecular formula is C10H9ClN6. The predicted octanol–water partition coefficient (Wildman–Crippen LogP) is 1.58. The van der Waals surface area contributed by atoms with E-state index in [1.807, 2.05) is 20.0 Å². The number of hydrogen-bond acceptors (Lipinski definition) is 4. The molecule has 3 aromatic rings. The smallest absolute Gasteiger partial charge is 0.222 e. The fraction of sp³-hybridized carbons (Fsp3) is 0.200. The second kappa shape index (κ2) is 3.53. The van der Waals surface area contributed by atoms with E-state index in [1.165, 1.54) is 6.33 Å². The average Bonchev–Trinajstić information content (AvgIpc) is 2.89. The summed E-state index contributed by atoms with van der Waals surface area (Å²) in [5.74, 6) is 1.22. The van der Waals surface area contributed by atoms with Crippen molar-refractivity contribution in [3.05, 3.63) is 35.0 Å². The van der Waals surface area contributed by atoms with Gasteiger partial charge in [0.2, 0.25) is 0 Å². The Labute approximate surface area is 102 Å². The van der Waals surface area contributed by atoms with E-state index in [4.69, 9.17) is 11.6 Å². The van der Waals surface area contributed by atoms with Gasteiger partial charge in [0.1, 0.15) is 11.5 Å². The Morgan fingerprint density at radius 2 is 2.06 bits per heavy atom. The van der Waals surface area contributed by atoms with Gasteiger partial charge in [-0.15, -0.1) is 0 Å². The first kappa shape index (κ1) is 10.2. The molecule has 0 bridgehead atoms. The van der Waals surface area contributed by atoms with E-state index in [0.29, 0.717) is 10.9 Å². The number of hydrogen-bond donors (Lipinski definition) is 0. The molecule has 7 heteroatoms. The van der Waals surface area contributed by atoms with Crippen LogP contribution in [0.5, 0.6) is 0 Å². The lowest BCUT2D eigenvalue weighted by Gasteiger charge is -2.08. The van der Waals surface area contributed by atoms with E-state index in [-0.39, 0.29) is 0 Å². The van der Waals surface area contributed by atoms with Crippen LogP contribution in [-0.4, -0.2) is 29.4 Å². The van der Waals surface area contributed by atoms with Crippen molar-refractivity contribution in [3.63, 3.8) is 0 Å². The highest BCUT2D eigenvalue weighted by Crippen LogP contribution is 2.20. The van der Waals surface area contributed by atoms with Gasteiger partial charge in [0.05, 0.1) is 6.20 Å². The third kappa shape index (κ3) is 1.49. The van der Waals surface area contributed by atoms with Crippen LogP contribution in [0.25, 0.3) is 11.6 Å². The molecule has 0 aromatic carbocycles. The first-order chi connectivity index (χ1) is 8.16. The van der Waals surface area contributed by atoms with E-state index in [9.17, 15) is 0 Å². The summed E-state index contributed by atoms with van der Waals surface area (Å²) in [7, 11) is 0. The Bertz CT molecular complexity index is 698. The molecule has 17 heavy (non-hydrogen) atoms. The summed E-state index contributed by atoms with van der Waals surface area (Å²) >= 11 is 6.07. The summed E-state index contributed by atoms with van der Waals surface area (Å²) in [6.07, 6.45) is 5.12. The van der Waals surface area contributed by atoms with Gasteiger partial charge in [-0.2, -0.15) is 24.7 Å². The molecule has 0 atom stereocenters. The molecule has 0 aliphatic carbocycles. The molecule has 0 spiro atoms. The van der Waals surface area contributed by atoms with Crippen molar-refractivity contribution in [2.75, 3.05) is 0 Å². The molecule has 0 fully saturated rings. The Hall–Kier alpha value is -1.95. The van der Waals surface area contributed by atoms with Crippen LogP contribution in [0.4, 0.5) is 0 Å². The molecule has 0 radical (unpaired) electrons. The minimum Gasteiger partial charge on any atom is -0.222 e. The Kier molecular flexibility index (Phi) is 2.12. The summed E-state index contributed by atoms with van der Waals surface area (Å²) in [6.45, 7) is 3.85. The van der Waals surface area contributed by atoms with Gasteiger partial charge >= 0.3 is 0 Å². The summed E-state index contributed by atoms with van der Waals surface area (Å²) < 4.78 is 3.34. The van der Waals surface area contributed by atoms with Crippen molar-refractivity contribution in [1.82, 2.24) is 29.4 Å². The van der Waals surface area contributed by atoms with Gasteiger partial charge in [0.25, 0.3) is 5.78 Å². The predicted molar refractivity (Wildman–Crippen MR) is 62.4 cm³/mol. The molecular weight excluding hydrogens is 240 g/mol. The molecule has 0 aliphatic rings. The lowest BCUT2D eigenvalue weighted by Crippen LogP contribution is -2.08. The van der Waals surface area contributed by atoms with Crippen LogP contribution in [0, 0.1) is 13.8 Å². The highest BCUT2D eigenvalue weighted by molar-refractivity contribution is 6.30. The maximum atomic E-state index is 6.07. The fourth-order valence-corrected chi connectivity index (χ4v) is 1.84. The Morgan fingerprint density at radius 1 is 1.24 bits per heavy atom. The van der Waals surface area contributed by atoms with Gasteiger partial charge in [-0.25, -0.2) is 4.68 Å². The fourth-order valence-electron chi connectivity index (χ4n) is 1.68. The van der Waals surface area contributed by atoms with Gasteiger partial charge in [0.15, 0.2) is 5.82 Å². The summed E-state index contributed by atoms with van der Waals surface area (Å²) in [5, 5.41) is 8.80. The molecule has 0 saturated heterocycles. The zero-order chi connectivity index (χ0) is 12.0. The van der Waals surface area contributed by atoms with Gasteiger partial charge in [0, 0.05) is 11.8 Å². The molecule has 86 valence electrons. The molecule has 0 aliphatic heterocycles. The van der Waals surface area contributed by atoms with Crippen molar-refractivity contribution >= 4 is 17.4 Å². The normalized spacial score (nSPS) is 11.2. The van der Waals surface area contributed by atoms with E-state index in [1.54, 1.807) is 15.4 Å². The number of halogens is 1. The van der Waals surface area contributed by atoms with Crippen LogP contribution in [-0.2, 0) is 0 Å². The topological polar surface area (TPSA) is 60.9 Å². The zero-order valence-corrected chi connectivity index (χ0v) is 10.0. The van der Waals surface area contributed by atoms with Crippen LogP contribution in [0.15, 0.2) is 18.7 Å². The second-order valence-electron chi connectivity index (χ2n) is 3.79. The van der Waals surface area contributed by atoms with Crippen LogP contribution in [0.1, 0.15) is 11.1 Å². The summed E-state index contributed by atoms with van der Waals surface area (Å²) in [4.78, 5) is 8.17. The lowest BCUT2D eigenvalue weighted by molar-refractivity contribution is 0.772. The maximum Gasteiger partial charge on any atom is 0.255 e. The molecule has 0 amide bonds. The SMILES string of the molecule is Cc1cnn(-c2c(C)c(Cl)nc3ncnn23)c1. The summed E-state index contributed by atoms with van der Waals surface area (Å²) in [5.41, 5.74) is 1.87. The first-order valence-corrected chi connectivity index (χ1v) is 5.42. The van der Waals surface area contributed by atoms with Gasteiger partial charge in [-0.3, -0.25) is 0 Å². The number of fused-ring (bicyclic) bond motifs is 1. The van der Waals surface area contributed by atoms with Crippen LogP contribution < -0.4 is 0 Å². The van der Waals surface area contributed by atoms with Crippen molar-refractivity contribution < 1.29 is 0 Å².